The summed E-state index contributed by atoms with van der Waals surface area (Å²) in [6.07, 6.45) is -0.909. The zero-order valence-electron chi connectivity index (χ0n) is 6.81. The lowest BCUT2D eigenvalue weighted by Crippen LogP contribution is -2.48. The van der Waals surface area contributed by atoms with Crippen LogP contribution in [0, 0.1) is 5.92 Å². The van der Waals surface area contributed by atoms with E-state index >= 15 is 0 Å². The molecule has 4 N–H and O–H groups in total. The number of aliphatic hydroxyl groups is 1. The minimum absolute atomic E-state index is 0.0561. The second kappa shape index (κ2) is 3.73. The summed E-state index contributed by atoms with van der Waals surface area (Å²) in [6.45, 7) is 1.10. The third-order valence-corrected chi connectivity index (χ3v) is 2.29. The molecule has 0 aromatic heterocycles. The molecular weight excluding hydrogens is 160 g/mol. The first-order valence-electron chi connectivity index (χ1n) is 4.01. The summed E-state index contributed by atoms with van der Waals surface area (Å²) in [5.74, 6) is 0.0561. The maximum absolute atomic E-state index is 10.5. The van der Waals surface area contributed by atoms with Crippen LogP contribution in [0.25, 0.3) is 0 Å². The van der Waals surface area contributed by atoms with Gasteiger partial charge in [-0.15, -0.1) is 0 Å². The Morgan fingerprint density at radius 1 is 1.67 bits per heavy atom. The third-order valence-electron chi connectivity index (χ3n) is 2.29. The van der Waals surface area contributed by atoms with E-state index in [1.807, 2.05) is 0 Å². The van der Waals surface area contributed by atoms with Gasteiger partial charge in [-0.3, -0.25) is 0 Å². The van der Waals surface area contributed by atoms with E-state index < -0.39 is 12.2 Å². The van der Waals surface area contributed by atoms with Crippen LogP contribution in [-0.4, -0.2) is 46.9 Å². The van der Waals surface area contributed by atoms with Crippen molar-refractivity contribution in [2.75, 3.05) is 19.6 Å². The van der Waals surface area contributed by atoms with Crippen LogP contribution in [0.2, 0.25) is 0 Å². The van der Waals surface area contributed by atoms with E-state index in [4.69, 9.17) is 10.8 Å². The zero-order chi connectivity index (χ0) is 9.14. The van der Waals surface area contributed by atoms with E-state index in [1.165, 1.54) is 4.90 Å². The molecule has 2 atom stereocenters. The lowest BCUT2D eigenvalue weighted by Gasteiger charge is -2.33. The molecule has 0 unspecified atom stereocenters. The molecule has 1 rings (SSSR count). The fourth-order valence-corrected chi connectivity index (χ4v) is 1.43. The summed E-state index contributed by atoms with van der Waals surface area (Å²) in [6, 6.07) is 0. The number of hydrogen-bond donors (Lipinski definition) is 3. The summed E-state index contributed by atoms with van der Waals surface area (Å²) in [5.41, 5.74) is 5.39. The number of β-amino-alcohol motifs (C(OH)–C–C–N with tert-alkyl or cyclic N) is 1. The Morgan fingerprint density at radius 2 is 2.33 bits per heavy atom. The number of likely N-dealkylation sites (tertiary alicyclic amines) is 1. The predicted octanol–water partition coefficient (Wildman–Crippen LogP) is -0.694. The van der Waals surface area contributed by atoms with Crippen molar-refractivity contribution in [3.8, 4) is 0 Å². The molecule has 0 spiro atoms. The van der Waals surface area contributed by atoms with Gasteiger partial charge in [-0.05, 0) is 13.0 Å². The fourth-order valence-electron chi connectivity index (χ4n) is 1.43. The second-order valence-corrected chi connectivity index (χ2v) is 3.08. The van der Waals surface area contributed by atoms with Gasteiger partial charge in [0.25, 0.3) is 0 Å². The first-order valence-corrected chi connectivity index (χ1v) is 4.01. The van der Waals surface area contributed by atoms with Crippen molar-refractivity contribution in [2.45, 2.75) is 12.5 Å². The van der Waals surface area contributed by atoms with Gasteiger partial charge in [0, 0.05) is 12.5 Å². The minimum atomic E-state index is -0.968. The summed E-state index contributed by atoms with van der Waals surface area (Å²) in [4.78, 5) is 11.7. The van der Waals surface area contributed by atoms with Crippen LogP contribution >= 0.6 is 0 Å². The Bertz CT molecular complexity index is 174. The SMILES string of the molecule is NC[C@@H]1CCN(C(=O)O)C[C@@H]1O. The summed E-state index contributed by atoms with van der Waals surface area (Å²) in [5, 5.41) is 18.0. The maximum Gasteiger partial charge on any atom is 0.407 e. The van der Waals surface area contributed by atoms with Gasteiger partial charge < -0.3 is 20.8 Å². The van der Waals surface area contributed by atoms with Gasteiger partial charge in [0.2, 0.25) is 0 Å². The summed E-state index contributed by atoms with van der Waals surface area (Å²) in [7, 11) is 0. The zero-order valence-corrected chi connectivity index (χ0v) is 6.81. The van der Waals surface area contributed by atoms with Gasteiger partial charge >= 0.3 is 6.09 Å². The standard InChI is InChI=1S/C7H14N2O3/c8-3-5-1-2-9(7(11)12)4-6(5)10/h5-6,10H,1-4,8H2,(H,11,12)/t5-,6-/m0/s1. The Kier molecular flexibility index (Phi) is 2.88. The second-order valence-electron chi connectivity index (χ2n) is 3.08. The Hall–Kier alpha value is -0.810. The molecule has 1 amide bonds. The molecule has 1 fully saturated rings. The Balaban J connectivity index is 2.46. The van der Waals surface area contributed by atoms with E-state index in [0.29, 0.717) is 19.5 Å². The first kappa shape index (κ1) is 9.28. The van der Waals surface area contributed by atoms with Crippen LogP contribution in [0.3, 0.4) is 0 Å². The van der Waals surface area contributed by atoms with Crippen LogP contribution < -0.4 is 5.73 Å². The van der Waals surface area contributed by atoms with Crippen molar-refractivity contribution in [3.05, 3.63) is 0 Å². The van der Waals surface area contributed by atoms with Crippen LogP contribution in [0.15, 0.2) is 0 Å². The van der Waals surface area contributed by atoms with Crippen LogP contribution in [0.4, 0.5) is 4.79 Å². The molecule has 0 aliphatic carbocycles. The maximum atomic E-state index is 10.5. The lowest BCUT2D eigenvalue weighted by atomic mass is 9.94. The van der Waals surface area contributed by atoms with Gasteiger partial charge in [-0.25, -0.2) is 4.79 Å². The number of hydrogen-bond acceptors (Lipinski definition) is 3. The molecule has 5 nitrogen and oxygen atoms in total. The predicted molar refractivity (Wildman–Crippen MR) is 42.8 cm³/mol. The topological polar surface area (TPSA) is 86.8 Å². The molecule has 5 heteroatoms. The molecule has 70 valence electrons. The lowest BCUT2D eigenvalue weighted by molar-refractivity contribution is 0.0280. The number of aliphatic hydroxyl groups excluding tert-OH is 1. The summed E-state index contributed by atoms with van der Waals surface area (Å²) < 4.78 is 0. The molecule has 0 aromatic rings. The smallest absolute Gasteiger partial charge is 0.407 e. The normalized spacial score (nSPS) is 30.3. The molecule has 0 bridgehead atoms. The van der Waals surface area contributed by atoms with Crippen molar-refractivity contribution in [1.29, 1.82) is 0 Å². The number of rotatable bonds is 1. The quantitative estimate of drug-likeness (QED) is 0.491. The van der Waals surface area contributed by atoms with Crippen molar-refractivity contribution < 1.29 is 15.0 Å². The highest BCUT2D eigenvalue weighted by molar-refractivity contribution is 5.65. The van der Waals surface area contributed by atoms with Crippen LogP contribution in [0.5, 0.6) is 0 Å². The van der Waals surface area contributed by atoms with Crippen molar-refractivity contribution in [2.24, 2.45) is 11.7 Å². The van der Waals surface area contributed by atoms with E-state index in [1.54, 1.807) is 0 Å². The van der Waals surface area contributed by atoms with Gasteiger partial charge in [0.1, 0.15) is 0 Å². The van der Waals surface area contributed by atoms with Gasteiger partial charge in [-0.1, -0.05) is 0 Å². The molecule has 0 radical (unpaired) electrons. The Labute approximate surface area is 70.8 Å². The molecule has 1 heterocycles. The van der Waals surface area contributed by atoms with Crippen LogP contribution in [0.1, 0.15) is 6.42 Å². The fraction of sp³-hybridized carbons (Fsp3) is 0.857. The van der Waals surface area contributed by atoms with Crippen molar-refractivity contribution in [3.63, 3.8) is 0 Å². The molecule has 12 heavy (non-hydrogen) atoms. The number of carboxylic acid groups (broad SMARTS) is 1. The molecular formula is C7H14N2O3. The van der Waals surface area contributed by atoms with Gasteiger partial charge in [0.05, 0.1) is 12.6 Å². The highest BCUT2D eigenvalue weighted by atomic mass is 16.4. The van der Waals surface area contributed by atoms with Crippen molar-refractivity contribution in [1.82, 2.24) is 4.90 Å². The number of amides is 1. The number of carbonyl (C=O) groups is 1. The van der Waals surface area contributed by atoms with E-state index in [2.05, 4.69) is 0 Å². The monoisotopic (exact) mass is 174 g/mol. The molecule has 0 saturated carbocycles. The largest absolute Gasteiger partial charge is 0.465 e. The molecule has 0 aromatic carbocycles. The van der Waals surface area contributed by atoms with Crippen LogP contribution in [-0.2, 0) is 0 Å². The highest BCUT2D eigenvalue weighted by Gasteiger charge is 2.28. The molecule has 1 aliphatic heterocycles. The Morgan fingerprint density at radius 3 is 2.75 bits per heavy atom. The van der Waals surface area contributed by atoms with Gasteiger partial charge in [-0.2, -0.15) is 0 Å². The molecule has 1 saturated heterocycles. The van der Waals surface area contributed by atoms with Gasteiger partial charge in [0.15, 0.2) is 0 Å². The average Bonchev–Trinajstić information content (AvgIpc) is 2.04. The number of nitrogens with two attached hydrogens (primary N) is 1. The number of nitrogens with zero attached hydrogens (tertiary/aromatic N) is 1. The summed E-state index contributed by atoms with van der Waals surface area (Å²) >= 11 is 0. The third kappa shape index (κ3) is 1.86. The highest BCUT2D eigenvalue weighted by Crippen LogP contribution is 2.16. The van der Waals surface area contributed by atoms with Crippen molar-refractivity contribution >= 4 is 6.09 Å². The average molecular weight is 174 g/mol. The van der Waals surface area contributed by atoms with E-state index in [0.717, 1.165) is 0 Å². The number of piperidine rings is 1. The van der Waals surface area contributed by atoms with E-state index in [9.17, 15) is 9.90 Å². The minimum Gasteiger partial charge on any atom is -0.465 e. The van der Waals surface area contributed by atoms with E-state index in [-0.39, 0.29) is 12.5 Å². The molecule has 1 aliphatic rings. The first-order chi connectivity index (χ1) is 5.65.